The molecule has 1 aliphatic rings. The Morgan fingerprint density at radius 1 is 0.795 bits per heavy atom. The molecule has 0 unspecified atom stereocenters. The second-order valence-corrected chi connectivity index (χ2v) is 10.8. The standard InChI is InChI=1S/C30H16Cl2F6N2O3S/c31-21-2-1-3-22(32)26(21)44-27(23-12-13-25(39-23)42-19-8-4-17(5-9-19)29(33,34)35)24-14-16(15-41)28(40-24)43-20-10-6-18(7-11-20)30(36,37)38/h1-15,40H. The molecule has 226 valence electrons. The third-order valence-electron chi connectivity index (χ3n) is 5.96. The van der Waals surface area contributed by atoms with Gasteiger partial charge in [0.25, 0.3) is 0 Å². The number of ether oxygens (including phenoxy) is 2. The Kier molecular flexibility index (Phi) is 8.87. The van der Waals surface area contributed by atoms with E-state index in [0.717, 1.165) is 60.3 Å². The molecule has 5 nitrogen and oxygen atoms in total. The summed E-state index contributed by atoms with van der Waals surface area (Å²) in [6.45, 7) is 0. The average molecular weight is 669 g/mol. The predicted molar refractivity (Wildman–Crippen MR) is 156 cm³/mol. The summed E-state index contributed by atoms with van der Waals surface area (Å²) in [5.74, 6) is 0.162. The molecule has 0 atom stereocenters. The van der Waals surface area contributed by atoms with Crippen molar-refractivity contribution in [2.24, 2.45) is 4.99 Å². The number of aromatic nitrogens is 1. The molecule has 0 radical (unpaired) electrons. The predicted octanol–water partition coefficient (Wildman–Crippen LogP) is 10.5. The van der Waals surface area contributed by atoms with Crippen LogP contribution < -0.4 is 9.47 Å². The second-order valence-electron chi connectivity index (χ2n) is 8.98. The van der Waals surface area contributed by atoms with Crippen molar-refractivity contribution in [1.29, 1.82) is 0 Å². The summed E-state index contributed by atoms with van der Waals surface area (Å²) in [5, 5.41) is 0.632. The summed E-state index contributed by atoms with van der Waals surface area (Å²) in [5.41, 5.74) is -1.03. The number of nitrogens with zero attached hydrogens (tertiary/aromatic N) is 1. The van der Waals surface area contributed by atoms with Gasteiger partial charge in [0.2, 0.25) is 11.8 Å². The van der Waals surface area contributed by atoms with Gasteiger partial charge in [-0.15, -0.1) is 0 Å². The lowest BCUT2D eigenvalue weighted by atomic mass is 10.2. The first-order valence-corrected chi connectivity index (χ1v) is 13.9. The molecule has 1 aromatic heterocycles. The molecule has 0 saturated carbocycles. The van der Waals surface area contributed by atoms with Crippen molar-refractivity contribution < 1.29 is 40.6 Å². The van der Waals surface area contributed by atoms with Crippen LogP contribution in [-0.4, -0.2) is 17.2 Å². The van der Waals surface area contributed by atoms with E-state index in [9.17, 15) is 31.1 Å². The van der Waals surface area contributed by atoms with Crippen molar-refractivity contribution in [1.82, 2.24) is 4.98 Å². The van der Waals surface area contributed by atoms with Gasteiger partial charge in [0.15, 0.2) is 6.29 Å². The Morgan fingerprint density at radius 2 is 1.34 bits per heavy atom. The van der Waals surface area contributed by atoms with Gasteiger partial charge in [-0.05, 0) is 72.8 Å². The topological polar surface area (TPSA) is 63.7 Å². The number of aliphatic imine (C=N–C) groups is 1. The highest BCUT2D eigenvalue weighted by molar-refractivity contribution is 8.08. The molecule has 0 amide bonds. The van der Waals surface area contributed by atoms with Crippen LogP contribution >= 0.6 is 35.0 Å². The molecule has 0 saturated heterocycles. The maximum absolute atomic E-state index is 13.0. The zero-order valence-electron chi connectivity index (χ0n) is 21.8. The van der Waals surface area contributed by atoms with Gasteiger partial charge < -0.3 is 14.5 Å². The number of benzene rings is 3. The first kappa shape index (κ1) is 31.3. The fourth-order valence-corrected chi connectivity index (χ4v) is 5.46. The van der Waals surface area contributed by atoms with E-state index < -0.39 is 23.5 Å². The van der Waals surface area contributed by atoms with Crippen molar-refractivity contribution >= 4 is 52.1 Å². The molecular formula is C30H16Cl2F6N2O3S. The number of aromatic amines is 1. The molecule has 0 bridgehead atoms. The number of halogens is 8. The van der Waals surface area contributed by atoms with Crippen LogP contribution in [0.1, 0.15) is 27.2 Å². The normalized spacial score (nSPS) is 14.4. The number of carbonyl (C=O) groups is 1. The first-order valence-electron chi connectivity index (χ1n) is 12.3. The SMILES string of the molecule is O=Cc1cc(C(Sc2c(Cl)cccc2Cl)=C2C=CC(Oc3ccc(C(F)(F)F)cc3)=N2)[nH]c1Oc1ccc(C(F)(F)F)cc1. The number of carbonyl (C=O) groups excluding carboxylic acids is 1. The quantitative estimate of drug-likeness (QED) is 0.121. The minimum Gasteiger partial charge on any atom is -0.440 e. The van der Waals surface area contributed by atoms with Crippen LogP contribution in [-0.2, 0) is 12.4 Å². The Labute approximate surface area is 259 Å². The largest absolute Gasteiger partial charge is 0.440 e. The lowest BCUT2D eigenvalue weighted by Gasteiger charge is -2.11. The van der Waals surface area contributed by atoms with E-state index in [1.165, 1.54) is 12.1 Å². The van der Waals surface area contributed by atoms with Gasteiger partial charge in [0.05, 0.1) is 43.0 Å². The van der Waals surface area contributed by atoms with Gasteiger partial charge >= 0.3 is 12.4 Å². The molecule has 5 rings (SSSR count). The van der Waals surface area contributed by atoms with E-state index in [2.05, 4.69) is 9.98 Å². The van der Waals surface area contributed by atoms with Crippen molar-refractivity contribution in [3.8, 4) is 17.4 Å². The van der Waals surface area contributed by atoms with E-state index in [1.807, 2.05) is 0 Å². The van der Waals surface area contributed by atoms with E-state index in [4.69, 9.17) is 32.7 Å². The summed E-state index contributed by atoms with van der Waals surface area (Å²) in [6, 6.07) is 14.3. The van der Waals surface area contributed by atoms with Gasteiger partial charge in [0.1, 0.15) is 11.5 Å². The number of hydrogen-bond acceptors (Lipinski definition) is 5. The summed E-state index contributed by atoms with van der Waals surface area (Å²) in [6.07, 6.45) is -5.47. The van der Waals surface area contributed by atoms with Crippen molar-refractivity contribution in [3.63, 3.8) is 0 Å². The highest BCUT2D eigenvalue weighted by atomic mass is 35.5. The molecule has 1 aliphatic heterocycles. The number of rotatable bonds is 7. The van der Waals surface area contributed by atoms with Gasteiger partial charge in [-0.2, -0.15) is 26.3 Å². The minimum absolute atomic E-state index is 0.0384. The van der Waals surface area contributed by atoms with Crippen LogP contribution in [0.2, 0.25) is 10.0 Å². The van der Waals surface area contributed by atoms with E-state index >= 15 is 0 Å². The summed E-state index contributed by atoms with van der Waals surface area (Å²) in [4.78, 5) is 20.2. The summed E-state index contributed by atoms with van der Waals surface area (Å²) < 4.78 is 89.0. The van der Waals surface area contributed by atoms with E-state index in [1.54, 1.807) is 24.3 Å². The van der Waals surface area contributed by atoms with Crippen LogP contribution in [0.5, 0.6) is 17.4 Å². The highest BCUT2D eigenvalue weighted by Crippen LogP contribution is 2.45. The van der Waals surface area contributed by atoms with Crippen LogP contribution in [0.25, 0.3) is 4.91 Å². The molecule has 0 spiro atoms. The Bertz CT molecular complexity index is 1780. The fourth-order valence-electron chi connectivity index (χ4n) is 3.86. The van der Waals surface area contributed by atoms with Gasteiger partial charge in [-0.3, -0.25) is 4.79 Å². The summed E-state index contributed by atoms with van der Waals surface area (Å²) >= 11 is 13.9. The number of H-pyrrole nitrogens is 1. The lowest BCUT2D eigenvalue weighted by molar-refractivity contribution is -0.138. The first-order chi connectivity index (χ1) is 20.8. The molecule has 1 N–H and O–H groups in total. The third-order valence-corrected chi connectivity index (χ3v) is 8.09. The molecule has 0 fully saturated rings. The molecule has 3 aromatic carbocycles. The third kappa shape index (κ3) is 7.15. The number of allylic oxidation sites excluding steroid dienone is 1. The molecule has 0 aliphatic carbocycles. The van der Waals surface area contributed by atoms with Gasteiger partial charge in [-0.1, -0.05) is 41.0 Å². The van der Waals surface area contributed by atoms with Gasteiger partial charge in [0, 0.05) is 11.0 Å². The molecular weight excluding hydrogens is 653 g/mol. The van der Waals surface area contributed by atoms with Crippen molar-refractivity contribution in [2.45, 2.75) is 17.2 Å². The van der Waals surface area contributed by atoms with E-state index in [0.29, 0.717) is 37.5 Å². The van der Waals surface area contributed by atoms with Crippen LogP contribution in [0.15, 0.2) is 101 Å². The lowest BCUT2D eigenvalue weighted by Crippen LogP contribution is -2.06. The minimum atomic E-state index is -4.53. The zero-order valence-corrected chi connectivity index (χ0v) is 24.1. The Balaban J connectivity index is 1.50. The Morgan fingerprint density at radius 3 is 1.86 bits per heavy atom. The number of alkyl halides is 6. The van der Waals surface area contributed by atoms with Crippen LogP contribution in [0.3, 0.4) is 0 Å². The fraction of sp³-hybridized carbons (Fsp3) is 0.0667. The maximum atomic E-state index is 13.0. The number of aldehydes is 1. The molecule has 14 heteroatoms. The summed E-state index contributed by atoms with van der Waals surface area (Å²) in [7, 11) is 0. The van der Waals surface area contributed by atoms with E-state index in [-0.39, 0.29) is 28.8 Å². The van der Waals surface area contributed by atoms with Crippen LogP contribution in [0, 0.1) is 0 Å². The maximum Gasteiger partial charge on any atom is 0.416 e. The monoisotopic (exact) mass is 668 g/mol. The Hall–Kier alpha value is -4.13. The number of nitrogens with one attached hydrogen (secondary N) is 1. The zero-order chi connectivity index (χ0) is 31.6. The average Bonchev–Trinajstić information content (AvgIpc) is 3.59. The number of thioether (sulfide) groups is 1. The van der Waals surface area contributed by atoms with Crippen molar-refractivity contribution in [3.05, 3.63) is 123 Å². The highest BCUT2D eigenvalue weighted by Gasteiger charge is 2.31. The smallest absolute Gasteiger partial charge is 0.416 e. The molecule has 4 aromatic rings. The second kappa shape index (κ2) is 12.5. The number of hydrogen-bond donors (Lipinski definition) is 1. The molecule has 44 heavy (non-hydrogen) atoms. The van der Waals surface area contributed by atoms with Crippen molar-refractivity contribution in [2.75, 3.05) is 0 Å². The molecule has 2 heterocycles. The van der Waals surface area contributed by atoms with Crippen LogP contribution in [0.4, 0.5) is 26.3 Å². The van der Waals surface area contributed by atoms with Gasteiger partial charge in [-0.25, -0.2) is 4.99 Å².